The molecule has 0 amide bonds. The molecule has 2 N–H and O–H groups in total. The predicted molar refractivity (Wildman–Crippen MR) is 83.7 cm³/mol. The molecule has 1 fully saturated rings. The maximum atomic E-state index is 6.60. The molecule has 0 aromatic carbocycles. The lowest BCUT2D eigenvalue weighted by atomic mass is 9.83. The summed E-state index contributed by atoms with van der Waals surface area (Å²) >= 11 is 0. The molecular weight excluding hydrogens is 248 g/mol. The molecule has 1 aliphatic heterocycles. The summed E-state index contributed by atoms with van der Waals surface area (Å²) in [6.45, 7) is 10.0. The lowest BCUT2D eigenvalue weighted by Gasteiger charge is -2.46. The Morgan fingerprint density at radius 2 is 2.00 bits per heavy atom. The van der Waals surface area contributed by atoms with E-state index in [0.29, 0.717) is 0 Å². The van der Waals surface area contributed by atoms with Crippen molar-refractivity contribution in [1.82, 2.24) is 14.7 Å². The van der Waals surface area contributed by atoms with Gasteiger partial charge in [0.1, 0.15) is 0 Å². The second-order valence-corrected chi connectivity index (χ2v) is 6.27. The average Bonchev–Trinajstić information content (AvgIpc) is 2.94. The second kappa shape index (κ2) is 6.72. The van der Waals surface area contributed by atoms with Gasteiger partial charge in [-0.15, -0.1) is 0 Å². The van der Waals surface area contributed by atoms with E-state index in [0.717, 1.165) is 19.4 Å². The molecule has 114 valence electrons. The molecule has 0 spiro atoms. The van der Waals surface area contributed by atoms with Crippen molar-refractivity contribution in [2.45, 2.75) is 71.0 Å². The predicted octanol–water partition coefficient (Wildman–Crippen LogP) is 2.43. The quantitative estimate of drug-likeness (QED) is 0.869. The number of hydrogen-bond acceptors (Lipinski definition) is 3. The van der Waals surface area contributed by atoms with Crippen LogP contribution in [0.5, 0.6) is 0 Å². The van der Waals surface area contributed by atoms with Crippen LogP contribution in [-0.2, 0) is 13.0 Å². The van der Waals surface area contributed by atoms with E-state index >= 15 is 0 Å². The van der Waals surface area contributed by atoms with Crippen LogP contribution in [0.15, 0.2) is 12.4 Å². The van der Waals surface area contributed by atoms with Gasteiger partial charge in [0.15, 0.2) is 0 Å². The molecule has 2 atom stereocenters. The highest BCUT2D eigenvalue weighted by Gasteiger charge is 2.36. The number of aryl methyl sites for hydroxylation is 1. The number of hydrogen-bond donors (Lipinski definition) is 1. The third-order valence-electron chi connectivity index (χ3n) is 5.06. The van der Waals surface area contributed by atoms with E-state index < -0.39 is 0 Å². The van der Waals surface area contributed by atoms with E-state index in [-0.39, 0.29) is 11.6 Å². The van der Waals surface area contributed by atoms with Crippen molar-refractivity contribution in [2.75, 3.05) is 13.1 Å². The maximum absolute atomic E-state index is 6.60. The van der Waals surface area contributed by atoms with Crippen molar-refractivity contribution in [3.8, 4) is 0 Å². The SMILES string of the molecule is CCn1cc(CC(N)C(C)(CC)N2CCCCC2)cn1. The van der Waals surface area contributed by atoms with Crippen LogP contribution in [0, 0.1) is 0 Å². The fraction of sp³-hybridized carbons (Fsp3) is 0.812. The summed E-state index contributed by atoms with van der Waals surface area (Å²) in [5.74, 6) is 0. The second-order valence-electron chi connectivity index (χ2n) is 6.27. The van der Waals surface area contributed by atoms with Gasteiger partial charge in [-0.25, -0.2) is 0 Å². The van der Waals surface area contributed by atoms with Crippen molar-refractivity contribution in [2.24, 2.45) is 5.73 Å². The molecule has 4 heteroatoms. The normalized spacial score (nSPS) is 21.6. The van der Waals surface area contributed by atoms with Crippen LogP contribution in [0.4, 0.5) is 0 Å². The summed E-state index contributed by atoms with van der Waals surface area (Å²) in [6, 6.07) is 0.167. The lowest BCUT2D eigenvalue weighted by molar-refractivity contribution is 0.0546. The lowest BCUT2D eigenvalue weighted by Crippen LogP contribution is -2.59. The minimum absolute atomic E-state index is 0.106. The Morgan fingerprint density at radius 1 is 1.30 bits per heavy atom. The van der Waals surface area contributed by atoms with Crippen molar-refractivity contribution in [3.05, 3.63) is 18.0 Å². The molecule has 0 aliphatic carbocycles. The fourth-order valence-electron chi connectivity index (χ4n) is 3.28. The van der Waals surface area contributed by atoms with E-state index in [1.165, 1.54) is 37.9 Å². The van der Waals surface area contributed by atoms with Gasteiger partial charge in [0.05, 0.1) is 6.20 Å². The van der Waals surface area contributed by atoms with Gasteiger partial charge in [0, 0.05) is 24.3 Å². The fourth-order valence-corrected chi connectivity index (χ4v) is 3.28. The van der Waals surface area contributed by atoms with Gasteiger partial charge in [-0.1, -0.05) is 13.3 Å². The van der Waals surface area contributed by atoms with Gasteiger partial charge in [-0.05, 0) is 58.2 Å². The highest BCUT2D eigenvalue weighted by Crippen LogP contribution is 2.28. The van der Waals surface area contributed by atoms with Gasteiger partial charge in [-0.2, -0.15) is 5.10 Å². The molecule has 4 nitrogen and oxygen atoms in total. The molecule has 2 heterocycles. The maximum Gasteiger partial charge on any atom is 0.0522 e. The molecule has 2 rings (SSSR count). The van der Waals surface area contributed by atoms with Gasteiger partial charge in [0.2, 0.25) is 0 Å². The minimum Gasteiger partial charge on any atom is -0.326 e. The smallest absolute Gasteiger partial charge is 0.0522 e. The Bertz CT molecular complexity index is 408. The van der Waals surface area contributed by atoms with E-state index in [2.05, 4.69) is 37.0 Å². The summed E-state index contributed by atoms with van der Waals surface area (Å²) in [6.07, 6.45) is 10.1. The number of nitrogens with two attached hydrogens (primary N) is 1. The molecule has 1 aromatic rings. The van der Waals surface area contributed by atoms with Crippen LogP contribution < -0.4 is 5.73 Å². The average molecular weight is 278 g/mol. The molecule has 2 unspecified atom stereocenters. The van der Waals surface area contributed by atoms with Crippen LogP contribution in [0.1, 0.15) is 52.0 Å². The Balaban J connectivity index is 2.04. The van der Waals surface area contributed by atoms with Crippen LogP contribution >= 0.6 is 0 Å². The first-order valence-electron chi connectivity index (χ1n) is 8.12. The summed E-state index contributed by atoms with van der Waals surface area (Å²) in [5, 5.41) is 4.36. The summed E-state index contributed by atoms with van der Waals surface area (Å²) in [4.78, 5) is 2.62. The number of likely N-dealkylation sites (tertiary alicyclic amines) is 1. The van der Waals surface area contributed by atoms with E-state index in [1.54, 1.807) is 0 Å². The van der Waals surface area contributed by atoms with E-state index in [4.69, 9.17) is 5.73 Å². The minimum atomic E-state index is 0.106. The number of nitrogens with zero attached hydrogens (tertiary/aromatic N) is 3. The summed E-state index contributed by atoms with van der Waals surface area (Å²) in [7, 11) is 0. The highest BCUT2D eigenvalue weighted by molar-refractivity contribution is 5.10. The molecule has 1 aromatic heterocycles. The molecule has 20 heavy (non-hydrogen) atoms. The van der Waals surface area contributed by atoms with Crippen LogP contribution in [0.25, 0.3) is 0 Å². The monoisotopic (exact) mass is 278 g/mol. The Kier molecular flexibility index (Phi) is 5.22. The van der Waals surface area contributed by atoms with E-state index in [9.17, 15) is 0 Å². The number of rotatable bonds is 6. The Labute approximate surface area is 123 Å². The van der Waals surface area contributed by atoms with Gasteiger partial charge in [-0.3, -0.25) is 9.58 Å². The summed E-state index contributed by atoms with van der Waals surface area (Å²) in [5.41, 5.74) is 7.96. The van der Waals surface area contributed by atoms with Crippen LogP contribution in [0.3, 0.4) is 0 Å². The molecule has 0 bridgehead atoms. The van der Waals surface area contributed by atoms with Crippen LogP contribution in [-0.4, -0.2) is 39.4 Å². The third-order valence-corrected chi connectivity index (χ3v) is 5.06. The zero-order chi connectivity index (χ0) is 14.6. The third kappa shape index (κ3) is 3.23. The zero-order valence-electron chi connectivity index (χ0n) is 13.3. The standard InChI is InChI=1S/C16H30N4/c1-4-16(3,19-9-7-6-8-10-19)15(17)11-14-12-18-20(5-2)13-14/h12-13,15H,4-11,17H2,1-3H3. The van der Waals surface area contributed by atoms with E-state index in [1.807, 2.05) is 10.9 Å². The first-order chi connectivity index (χ1) is 9.60. The number of piperidine rings is 1. The highest BCUT2D eigenvalue weighted by atomic mass is 15.3. The van der Waals surface area contributed by atoms with Crippen molar-refractivity contribution < 1.29 is 0 Å². The Morgan fingerprint density at radius 3 is 2.55 bits per heavy atom. The largest absolute Gasteiger partial charge is 0.326 e. The van der Waals surface area contributed by atoms with Crippen molar-refractivity contribution >= 4 is 0 Å². The molecule has 0 radical (unpaired) electrons. The molecule has 1 saturated heterocycles. The first-order valence-corrected chi connectivity index (χ1v) is 8.12. The van der Waals surface area contributed by atoms with Gasteiger partial charge in [0.25, 0.3) is 0 Å². The van der Waals surface area contributed by atoms with Crippen LogP contribution in [0.2, 0.25) is 0 Å². The molecule has 0 saturated carbocycles. The first kappa shape index (κ1) is 15.5. The van der Waals surface area contributed by atoms with Crippen molar-refractivity contribution in [1.29, 1.82) is 0 Å². The van der Waals surface area contributed by atoms with Crippen molar-refractivity contribution in [3.63, 3.8) is 0 Å². The summed E-state index contributed by atoms with van der Waals surface area (Å²) < 4.78 is 1.98. The number of aromatic nitrogens is 2. The van der Waals surface area contributed by atoms with Gasteiger partial charge >= 0.3 is 0 Å². The zero-order valence-corrected chi connectivity index (χ0v) is 13.3. The van der Waals surface area contributed by atoms with Gasteiger partial charge < -0.3 is 5.73 Å². The molecular formula is C16H30N4. The Hall–Kier alpha value is -0.870. The topological polar surface area (TPSA) is 47.1 Å². The molecule has 1 aliphatic rings.